The largest absolute Gasteiger partial charge is 0.309 e. The number of benzene rings is 9. The first-order valence-corrected chi connectivity index (χ1v) is 22.1. The van der Waals surface area contributed by atoms with Crippen molar-refractivity contribution in [3.05, 3.63) is 211 Å². The summed E-state index contributed by atoms with van der Waals surface area (Å²) in [6.45, 7) is 4.70. The lowest BCUT2D eigenvalue weighted by Gasteiger charge is -2.21. The molecule has 4 aromatic heterocycles. The van der Waals surface area contributed by atoms with Crippen molar-refractivity contribution < 1.29 is 0 Å². The zero-order chi connectivity index (χ0) is 42.3. The first-order valence-electron chi connectivity index (χ1n) is 22.1. The lowest BCUT2D eigenvalue weighted by Crippen LogP contribution is -2.14. The minimum atomic E-state index is -0.0541. The molecule has 0 spiro atoms. The highest BCUT2D eigenvalue weighted by Crippen LogP contribution is 2.50. The van der Waals surface area contributed by atoms with E-state index in [1.54, 1.807) is 0 Å². The second-order valence-electron chi connectivity index (χ2n) is 17.7. The Morgan fingerprint density at radius 1 is 0.375 bits per heavy atom. The summed E-state index contributed by atoms with van der Waals surface area (Å²) in [5.41, 5.74) is 18.1. The van der Waals surface area contributed by atoms with Gasteiger partial charge in [-0.2, -0.15) is 0 Å². The molecule has 14 rings (SSSR count). The van der Waals surface area contributed by atoms with E-state index in [1.807, 2.05) is 24.3 Å². The monoisotopic (exact) mass is 817 g/mol. The summed E-state index contributed by atoms with van der Waals surface area (Å²) >= 11 is 0. The van der Waals surface area contributed by atoms with Gasteiger partial charge in [-0.15, -0.1) is 0 Å². The van der Waals surface area contributed by atoms with Crippen LogP contribution in [0.1, 0.15) is 25.0 Å². The third-order valence-electron chi connectivity index (χ3n) is 14.0. The van der Waals surface area contributed by atoms with Crippen LogP contribution in [0.2, 0.25) is 0 Å². The summed E-state index contributed by atoms with van der Waals surface area (Å²) in [5, 5.41) is 7.31. The molecule has 0 aliphatic heterocycles. The third-order valence-corrected chi connectivity index (χ3v) is 14.0. The molecule has 0 N–H and O–H groups in total. The molecule has 5 heteroatoms. The normalized spacial score (nSPS) is 13.3. The molecule has 0 amide bonds. The molecule has 0 radical (unpaired) electrons. The fourth-order valence-electron chi connectivity index (χ4n) is 11.3. The van der Waals surface area contributed by atoms with E-state index in [0.29, 0.717) is 0 Å². The Balaban J connectivity index is 1.06. The van der Waals surface area contributed by atoms with Crippen LogP contribution in [0.5, 0.6) is 0 Å². The molecule has 0 unspecified atom stereocenters. The first-order chi connectivity index (χ1) is 31.5. The maximum Gasteiger partial charge on any atom is 0.165 e. The molecule has 64 heavy (non-hydrogen) atoms. The van der Waals surface area contributed by atoms with Crippen LogP contribution in [-0.4, -0.2) is 23.7 Å². The second-order valence-corrected chi connectivity index (χ2v) is 17.7. The van der Waals surface area contributed by atoms with Crippen LogP contribution in [0, 0.1) is 0 Å². The zero-order valence-corrected chi connectivity index (χ0v) is 35.3. The molecule has 13 aromatic rings. The SMILES string of the molecule is CC1(C)c2ccccc2-c2cc(-n3c4ccccc4c4c5c6ccccc6n(-c6cccc7c6c6ccccc6n7-c6nc7ccccc7nc6-c6ccccc6)c5ccc43)ccc21. The summed E-state index contributed by atoms with van der Waals surface area (Å²) in [4.78, 5) is 10.7. The van der Waals surface area contributed by atoms with Gasteiger partial charge in [-0.05, 0) is 89.0 Å². The van der Waals surface area contributed by atoms with Crippen molar-refractivity contribution in [1.82, 2.24) is 23.7 Å². The van der Waals surface area contributed by atoms with Gasteiger partial charge in [0.25, 0.3) is 0 Å². The Hall–Kier alpha value is -8.28. The van der Waals surface area contributed by atoms with E-state index >= 15 is 0 Å². The topological polar surface area (TPSA) is 40.6 Å². The Kier molecular flexibility index (Phi) is 7.11. The Labute approximate surface area is 368 Å². The van der Waals surface area contributed by atoms with E-state index in [0.717, 1.165) is 55.7 Å². The van der Waals surface area contributed by atoms with Crippen LogP contribution in [0.25, 0.3) is 116 Å². The van der Waals surface area contributed by atoms with Crippen molar-refractivity contribution >= 4 is 76.5 Å². The van der Waals surface area contributed by atoms with Gasteiger partial charge < -0.3 is 9.13 Å². The maximum absolute atomic E-state index is 5.41. The molecule has 0 saturated carbocycles. The van der Waals surface area contributed by atoms with Crippen LogP contribution in [0.4, 0.5) is 0 Å². The molecular formula is C59H39N5. The summed E-state index contributed by atoms with van der Waals surface area (Å²) < 4.78 is 7.30. The smallest absolute Gasteiger partial charge is 0.165 e. The highest BCUT2D eigenvalue weighted by atomic mass is 15.1. The number of rotatable bonds is 4. The van der Waals surface area contributed by atoms with Crippen molar-refractivity contribution in [1.29, 1.82) is 0 Å². The van der Waals surface area contributed by atoms with Crippen LogP contribution in [-0.2, 0) is 5.41 Å². The minimum absolute atomic E-state index is 0.0541. The highest BCUT2D eigenvalue weighted by molar-refractivity contribution is 6.29. The van der Waals surface area contributed by atoms with E-state index in [4.69, 9.17) is 9.97 Å². The molecule has 0 bridgehead atoms. The van der Waals surface area contributed by atoms with Gasteiger partial charge in [-0.3, -0.25) is 4.57 Å². The predicted octanol–water partition coefficient (Wildman–Crippen LogP) is 14.9. The van der Waals surface area contributed by atoms with E-state index in [1.165, 1.54) is 71.4 Å². The number of aromatic nitrogens is 5. The van der Waals surface area contributed by atoms with Crippen LogP contribution < -0.4 is 0 Å². The molecular weight excluding hydrogens is 779 g/mol. The fraction of sp³-hybridized carbons (Fsp3) is 0.0508. The summed E-state index contributed by atoms with van der Waals surface area (Å²) in [6, 6.07) is 72.6. The van der Waals surface area contributed by atoms with Gasteiger partial charge >= 0.3 is 0 Å². The third kappa shape index (κ3) is 4.67. The second kappa shape index (κ2) is 12.9. The number of para-hydroxylation sites is 5. The lowest BCUT2D eigenvalue weighted by atomic mass is 9.82. The lowest BCUT2D eigenvalue weighted by molar-refractivity contribution is 0.660. The Morgan fingerprint density at radius 3 is 1.64 bits per heavy atom. The molecule has 0 fully saturated rings. The number of fused-ring (bicyclic) bond motifs is 14. The Bertz CT molecular complexity index is 4110. The molecule has 300 valence electrons. The van der Waals surface area contributed by atoms with Crippen molar-refractivity contribution in [2.75, 3.05) is 0 Å². The Morgan fingerprint density at radius 2 is 0.906 bits per heavy atom. The van der Waals surface area contributed by atoms with Crippen LogP contribution in [0.15, 0.2) is 200 Å². The van der Waals surface area contributed by atoms with Crippen molar-refractivity contribution in [2.24, 2.45) is 0 Å². The number of hydrogen-bond donors (Lipinski definition) is 0. The highest BCUT2D eigenvalue weighted by Gasteiger charge is 2.35. The molecule has 1 aliphatic carbocycles. The van der Waals surface area contributed by atoms with E-state index in [-0.39, 0.29) is 5.41 Å². The van der Waals surface area contributed by atoms with Crippen LogP contribution in [0.3, 0.4) is 0 Å². The van der Waals surface area contributed by atoms with Gasteiger partial charge in [0, 0.05) is 49.0 Å². The van der Waals surface area contributed by atoms with Crippen LogP contribution >= 0.6 is 0 Å². The fourth-order valence-corrected chi connectivity index (χ4v) is 11.3. The van der Waals surface area contributed by atoms with Gasteiger partial charge in [-0.25, -0.2) is 9.97 Å². The molecule has 5 nitrogen and oxygen atoms in total. The van der Waals surface area contributed by atoms with Crippen molar-refractivity contribution in [2.45, 2.75) is 19.3 Å². The molecule has 4 heterocycles. The number of nitrogens with zero attached hydrogens (tertiary/aromatic N) is 5. The summed E-state index contributed by atoms with van der Waals surface area (Å²) in [6.07, 6.45) is 0. The molecule has 1 aliphatic rings. The molecule has 0 atom stereocenters. The van der Waals surface area contributed by atoms with Crippen molar-refractivity contribution in [3.63, 3.8) is 0 Å². The average molecular weight is 818 g/mol. The van der Waals surface area contributed by atoms with Gasteiger partial charge in [0.15, 0.2) is 5.82 Å². The van der Waals surface area contributed by atoms with E-state index in [9.17, 15) is 0 Å². The minimum Gasteiger partial charge on any atom is -0.309 e. The van der Waals surface area contributed by atoms with Gasteiger partial charge in [-0.1, -0.05) is 147 Å². The standard InChI is InChI=1S/C59H39N5/c1-59(2)43-23-10-6-19-38(43)42-35-37(31-32-44(42)59)62-47-26-13-8-21-40(47)55-52(62)33-34-53-56(55)41-22-9-14-27-48(41)63(53)50-29-16-30-51-54(50)39-20-7-15-28-49(39)64(51)58-57(36-17-4-3-5-18-36)60-45-24-11-12-25-46(45)61-58/h3-35H,1-2H3. The van der Waals surface area contributed by atoms with Gasteiger partial charge in [0.05, 0.1) is 49.8 Å². The zero-order valence-electron chi connectivity index (χ0n) is 35.3. The van der Waals surface area contributed by atoms with Gasteiger partial charge in [0.1, 0.15) is 5.69 Å². The maximum atomic E-state index is 5.41. The first kappa shape index (κ1) is 35.3. The summed E-state index contributed by atoms with van der Waals surface area (Å²) in [7, 11) is 0. The summed E-state index contributed by atoms with van der Waals surface area (Å²) in [5.74, 6) is 0.809. The van der Waals surface area contributed by atoms with E-state index in [2.05, 4.69) is 203 Å². The predicted molar refractivity (Wildman–Crippen MR) is 266 cm³/mol. The average Bonchev–Trinajstić information content (AvgIpc) is 4.05. The van der Waals surface area contributed by atoms with Gasteiger partial charge in [0.2, 0.25) is 0 Å². The van der Waals surface area contributed by atoms with E-state index < -0.39 is 0 Å². The molecule has 0 saturated heterocycles. The molecule has 9 aromatic carbocycles. The number of hydrogen-bond acceptors (Lipinski definition) is 2. The van der Waals surface area contributed by atoms with Crippen molar-refractivity contribution in [3.8, 4) is 39.6 Å². The quantitative estimate of drug-likeness (QED) is 0.177.